The van der Waals surface area contributed by atoms with Gasteiger partial charge < -0.3 is 9.97 Å². The first-order valence-corrected chi connectivity index (χ1v) is 5.33. The molecule has 14 heavy (non-hydrogen) atoms. The molecular weight excluding hydrogens is 200 g/mol. The Hall–Kier alpha value is -1.36. The summed E-state index contributed by atoms with van der Waals surface area (Å²) < 4.78 is 0. The molecule has 0 saturated heterocycles. The third kappa shape index (κ3) is 1.39. The summed E-state index contributed by atoms with van der Waals surface area (Å²) in [5.74, 6) is 0. The van der Waals surface area contributed by atoms with Gasteiger partial charge in [-0.05, 0) is 17.4 Å². The van der Waals surface area contributed by atoms with Crippen LogP contribution in [-0.4, -0.2) is 9.97 Å². The van der Waals surface area contributed by atoms with E-state index in [1.54, 1.807) is 0 Å². The number of aromatic amines is 2. The minimum absolute atomic E-state index is 0.576. The van der Waals surface area contributed by atoms with Crippen LogP contribution in [0.3, 0.4) is 0 Å². The van der Waals surface area contributed by atoms with E-state index in [-0.39, 0.29) is 0 Å². The van der Waals surface area contributed by atoms with E-state index in [1.807, 2.05) is 5.38 Å². The third-order valence-corrected chi connectivity index (χ3v) is 3.00. The summed E-state index contributed by atoms with van der Waals surface area (Å²) in [6.07, 6.45) is 1.94. The van der Waals surface area contributed by atoms with Gasteiger partial charge in [-0.3, -0.25) is 9.59 Å². The highest BCUT2D eigenvalue weighted by Gasteiger charge is 2.05. The fourth-order valence-electron chi connectivity index (χ4n) is 1.41. The molecule has 4 nitrogen and oxygen atoms in total. The van der Waals surface area contributed by atoms with Gasteiger partial charge in [0, 0.05) is 0 Å². The lowest BCUT2D eigenvalue weighted by Crippen LogP contribution is -2.28. The molecule has 0 unspecified atom stereocenters. The molecule has 2 aromatic heterocycles. The van der Waals surface area contributed by atoms with Crippen molar-refractivity contribution in [1.29, 1.82) is 0 Å². The van der Waals surface area contributed by atoms with E-state index < -0.39 is 11.1 Å². The second-order valence-electron chi connectivity index (χ2n) is 3.12. The van der Waals surface area contributed by atoms with Crippen molar-refractivity contribution in [2.24, 2.45) is 0 Å². The van der Waals surface area contributed by atoms with Crippen LogP contribution in [0.1, 0.15) is 18.9 Å². The summed E-state index contributed by atoms with van der Waals surface area (Å²) in [4.78, 5) is 28.0. The van der Waals surface area contributed by atoms with Crippen LogP contribution in [0.25, 0.3) is 10.3 Å². The number of hydrogen-bond donors (Lipinski definition) is 2. The van der Waals surface area contributed by atoms with Crippen molar-refractivity contribution in [3.8, 4) is 0 Å². The summed E-state index contributed by atoms with van der Waals surface area (Å²) in [6.45, 7) is 2.08. The minimum Gasteiger partial charge on any atom is -0.315 e. The molecule has 0 aliphatic carbocycles. The molecular formula is C9H10N2O2S. The van der Waals surface area contributed by atoms with Gasteiger partial charge in [0.25, 0.3) is 0 Å². The molecule has 5 heteroatoms. The normalized spacial score (nSPS) is 10.9. The van der Waals surface area contributed by atoms with Gasteiger partial charge in [0.05, 0.1) is 5.52 Å². The highest BCUT2D eigenvalue weighted by molar-refractivity contribution is 7.16. The predicted molar refractivity (Wildman–Crippen MR) is 57.1 cm³/mol. The van der Waals surface area contributed by atoms with Crippen molar-refractivity contribution < 1.29 is 0 Å². The summed E-state index contributed by atoms with van der Waals surface area (Å²) in [5.41, 5.74) is 0.720. The fourth-order valence-corrected chi connectivity index (χ4v) is 2.35. The van der Waals surface area contributed by atoms with Crippen molar-refractivity contribution in [1.82, 2.24) is 9.97 Å². The van der Waals surface area contributed by atoms with E-state index in [1.165, 1.54) is 11.3 Å². The lowest BCUT2D eigenvalue weighted by molar-refractivity contribution is 0.928. The van der Waals surface area contributed by atoms with Crippen LogP contribution in [0, 0.1) is 0 Å². The number of rotatable bonds is 2. The van der Waals surface area contributed by atoms with Crippen LogP contribution in [0.2, 0.25) is 0 Å². The van der Waals surface area contributed by atoms with E-state index in [2.05, 4.69) is 16.9 Å². The average Bonchev–Trinajstić information content (AvgIpc) is 2.51. The maximum Gasteiger partial charge on any atom is 0.314 e. The molecule has 2 heterocycles. The number of fused-ring (bicyclic) bond motifs is 1. The van der Waals surface area contributed by atoms with Crippen molar-refractivity contribution in [3.05, 3.63) is 31.7 Å². The Kier molecular flexibility index (Phi) is 2.25. The van der Waals surface area contributed by atoms with Crippen LogP contribution in [-0.2, 0) is 6.42 Å². The van der Waals surface area contributed by atoms with Crippen LogP contribution in [0.15, 0.2) is 15.0 Å². The van der Waals surface area contributed by atoms with Crippen molar-refractivity contribution in [2.75, 3.05) is 0 Å². The second kappa shape index (κ2) is 3.42. The van der Waals surface area contributed by atoms with Crippen molar-refractivity contribution in [2.45, 2.75) is 19.8 Å². The Bertz CT molecular complexity index is 564. The molecule has 0 atom stereocenters. The van der Waals surface area contributed by atoms with Gasteiger partial charge in [-0.1, -0.05) is 13.3 Å². The Morgan fingerprint density at radius 1 is 1.29 bits per heavy atom. The van der Waals surface area contributed by atoms with Gasteiger partial charge in [-0.25, -0.2) is 0 Å². The zero-order valence-corrected chi connectivity index (χ0v) is 8.53. The minimum atomic E-state index is -0.581. The third-order valence-electron chi connectivity index (χ3n) is 2.06. The molecule has 2 N–H and O–H groups in total. The summed E-state index contributed by atoms with van der Waals surface area (Å²) in [5, 5.41) is 1.97. The first-order chi connectivity index (χ1) is 6.72. The lowest BCUT2D eigenvalue weighted by atomic mass is 10.2. The first kappa shape index (κ1) is 9.21. The number of aromatic nitrogens is 2. The molecule has 74 valence electrons. The standard InChI is InChI=1S/C9H10N2O2S/c1-2-3-5-4-14-9-6(5)10-7(12)8(13)11-9/h4H,2-3H2,1H3,(H,10,12)(H,11,13). The van der Waals surface area contributed by atoms with Crippen LogP contribution < -0.4 is 11.1 Å². The van der Waals surface area contributed by atoms with E-state index in [0.29, 0.717) is 0 Å². The van der Waals surface area contributed by atoms with Gasteiger partial charge in [-0.15, -0.1) is 11.3 Å². The Labute approximate surface area is 83.6 Å². The fraction of sp³-hybridized carbons (Fsp3) is 0.333. The second-order valence-corrected chi connectivity index (χ2v) is 4.00. The van der Waals surface area contributed by atoms with Crippen LogP contribution in [0.5, 0.6) is 0 Å². The molecule has 0 saturated carbocycles. The summed E-state index contributed by atoms with van der Waals surface area (Å²) in [6, 6.07) is 0. The average molecular weight is 210 g/mol. The Morgan fingerprint density at radius 3 is 2.71 bits per heavy atom. The molecule has 2 rings (SSSR count). The van der Waals surface area contributed by atoms with E-state index >= 15 is 0 Å². The zero-order chi connectivity index (χ0) is 10.1. The molecule has 0 fully saturated rings. The van der Waals surface area contributed by atoms with E-state index in [0.717, 1.165) is 28.8 Å². The summed E-state index contributed by atoms with van der Waals surface area (Å²) >= 11 is 1.45. The zero-order valence-electron chi connectivity index (χ0n) is 7.72. The SMILES string of the molecule is CCCc1csc2[nH]c(=O)c(=O)[nH]c12. The quantitative estimate of drug-likeness (QED) is 0.732. The van der Waals surface area contributed by atoms with Gasteiger partial charge in [0.15, 0.2) is 0 Å². The van der Waals surface area contributed by atoms with Gasteiger partial charge in [0.2, 0.25) is 0 Å². The lowest BCUT2D eigenvalue weighted by Gasteiger charge is -1.94. The molecule has 0 amide bonds. The smallest absolute Gasteiger partial charge is 0.314 e. The number of hydrogen-bond acceptors (Lipinski definition) is 3. The maximum absolute atomic E-state index is 11.1. The maximum atomic E-state index is 11.1. The van der Waals surface area contributed by atoms with Crippen molar-refractivity contribution >= 4 is 21.7 Å². The number of H-pyrrole nitrogens is 2. The van der Waals surface area contributed by atoms with Gasteiger partial charge in [-0.2, -0.15) is 0 Å². The highest BCUT2D eigenvalue weighted by atomic mass is 32.1. The summed E-state index contributed by atoms with van der Waals surface area (Å²) in [7, 11) is 0. The highest BCUT2D eigenvalue weighted by Crippen LogP contribution is 2.21. The molecule has 0 spiro atoms. The number of aryl methyl sites for hydroxylation is 1. The van der Waals surface area contributed by atoms with Crippen molar-refractivity contribution in [3.63, 3.8) is 0 Å². The first-order valence-electron chi connectivity index (χ1n) is 4.45. The van der Waals surface area contributed by atoms with Crippen LogP contribution in [0.4, 0.5) is 0 Å². The molecule has 0 radical (unpaired) electrons. The molecule has 0 aliphatic heterocycles. The molecule has 2 aromatic rings. The van der Waals surface area contributed by atoms with E-state index in [4.69, 9.17) is 0 Å². The number of nitrogens with one attached hydrogen (secondary N) is 2. The predicted octanol–water partition coefficient (Wildman–Crippen LogP) is 1.23. The monoisotopic (exact) mass is 210 g/mol. The van der Waals surface area contributed by atoms with E-state index in [9.17, 15) is 9.59 Å². The van der Waals surface area contributed by atoms with Gasteiger partial charge >= 0.3 is 11.1 Å². The molecule has 0 aliphatic rings. The molecule has 0 aromatic carbocycles. The topological polar surface area (TPSA) is 65.7 Å². The largest absolute Gasteiger partial charge is 0.315 e. The van der Waals surface area contributed by atoms with Crippen LogP contribution >= 0.6 is 11.3 Å². The molecule has 0 bridgehead atoms. The van der Waals surface area contributed by atoms with Gasteiger partial charge in [0.1, 0.15) is 4.83 Å². The Balaban J connectivity index is 2.74. The number of thiophene rings is 1. The Morgan fingerprint density at radius 2 is 2.00 bits per heavy atom.